The van der Waals surface area contributed by atoms with Gasteiger partial charge in [0.05, 0.1) is 6.07 Å². The number of amides is 1. The van der Waals surface area contributed by atoms with Gasteiger partial charge in [-0.05, 0) is 40.2 Å². The fourth-order valence-corrected chi connectivity index (χ4v) is 2.81. The molecular weight excluding hydrogens is 242 g/mol. The average molecular weight is 265 g/mol. The van der Waals surface area contributed by atoms with Crippen molar-refractivity contribution in [1.82, 2.24) is 9.80 Å². The number of carbonyl (C=O) groups excluding carboxylic acids is 1. The van der Waals surface area contributed by atoms with Crippen molar-refractivity contribution in [3.63, 3.8) is 0 Å². The van der Waals surface area contributed by atoms with Gasteiger partial charge in [-0.2, -0.15) is 5.26 Å². The minimum atomic E-state index is -0.513. The minimum Gasteiger partial charge on any atom is -0.444 e. The lowest BCUT2D eigenvalue weighted by Gasteiger charge is -2.46. The highest BCUT2D eigenvalue weighted by atomic mass is 16.6. The lowest BCUT2D eigenvalue weighted by atomic mass is 9.97. The van der Waals surface area contributed by atoms with E-state index in [4.69, 9.17) is 4.74 Å². The van der Waals surface area contributed by atoms with Crippen molar-refractivity contribution in [1.29, 1.82) is 5.26 Å². The predicted octanol–water partition coefficient (Wildman–Crippen LogP) is 1.98. The Morgan fingerprint density at radius 3 is 2.68 bits per heavy atom. The molecule has 0 saturated carbocycles. The largest absolute Gasteiger partial charge is 0.444 e. The van der Waals surface area contributed by atoms with Crippen molar-refractivity contribution < 1.29 is 9.53 Å². The van der Waals surface area contributed by atoms with Crippen LogP contribution in [-0.2, 0) is 4.74 Å². The van der Waals surface area contributed by atoms with Crippen molar-refractivity contribution in [3.05, 3.63) is 0 Å². The van der Waals surface area contributed by atoms with E-state index in [0.29, 0.717) is 19.1 Å². The van der Waals surface area contributed by atoms with E-state index in [9.17, 15) is 10.1 Å². The molecule has 0 radical (unpaired) electrons. The Morgan fingerprint density at radius 1 is 1.32 bits per heavy atom. The molecule has 0 aromatic heterocycles. The molecule has 2 rings (SSSR count). The average Bonchev–Trinajstić information content (AvgIpc) is 2.35. The lowest BCUT2D eigenvalue weighted by Crippen LogP contribution is -2.61. The van der Waals surface area contributed by atoms with Crippen LogP contribution in [0.2, 0.25) is 0 Å². The maximum Gasteiger partial charge on any atom is 0.411 e. The van der Waals surface area contributed by atoms with Gasteiger partial charge in [-0.1, -0.05) is 6.42 Å². The molecule has 106 valence electrons. The third-order valence-electron chi connectivity index (χ3n) is 3.72. The van der Waals surface area contributed by atoms with Crippen molar-refractivity contribution >= 4 is 6.09 Å². The Morgan fingerprint density at radius 2 is 2.05 bits per heavy atom. The fourth-order valence-electron chi connectivity index (χ4n) is 2.81. The Labute approximate surface area is 115 Å². The molecule has 19 heavy (non-hydrogen) atoms. The number of ether oxygens (including phenoxy) is 1. The maximum atomic E-state index is 12.2. The number of piperazine rings is 1. The molecule has 2 atom stereocenters. The quantitative estimate of drug-likeness (QED) is 0.672. The van der Waals surface area contributed by atoms with Crippen molar-refractivity contribution in [2.45, 2.75) is 57.7 Å². The normalized spacial score (nSPS) is 28.4. The Bertz CT molecular complexity index is 383. The molecule has 2 fully saturated rings. The molecule has 2 unspecified atom stereocenters. The van der Waals surface area contributed by atoms with Gasteiger partial charge in [0.2, 0.25) is 0 Å². The molecule has 2 aliphatic heterocycles. The molecule has 0 spiro atoms. The number of hydrogen-bond acceptors (Lipinski definition) is 4. The van der Waals surface area contributed by atoms with Crippen LogP contribution in [0, 0.1) is 11.3 Å². The van der Waals surface area contributed by atoms with Crippen LogP contribution in [0.1, 0.15) is 40.0 Å². The molecule has 1 amide bonds. The second kappa shape index (κ2) is 5.38. The number of piperidine rings is 1. The number of nitrogens with zero attached hydrogens (tertiary/aromatic N) is 3. The molecule has 2 saturated heterocycles. The highest BCUT2D eigenvalue weighted by Gasteiger charge is 2.39. The highest BCUT2D eigenvalue weighted by molar-refractivity contribution is 5.69. The van der Waals surface area contributed by atoms with Crippen LogP contribution < -0.4 is 0 Å². The first-order chi connectivity index (χ1) is 8.90. The van der Waals surface area contributed by atoms with Gasteiger partial charge in [-0.25, -0.2) is 4.79 Å². The minimum absolute atomic E-state index is 0.357. The first kappa shape index (κ1) is 14.1. The highest BCUT2D eigenvalue weighted by Crippen LogP contribution is 2.25. The van der Waals surface area contributed by atoms with E-state index in [0.717, 1.165) is 13.0 Å². The van der Waals surface area contributed by atoms with Crippen LogP contribution in [0.5, 0.6) is 0 Å². The lowest BCUT2D eigenvalue weighted by molar-refractivity contribution is -0.0134. The summed E-state index contributed by atoms with van der Waals surface area (Å²) in [6, 6.07) is 2.25. The van der Waals surface area contributed by atoms with Crippen molar-refractivity contribution in [3.8, 4) is 6.07 Å². The summed E-state index contributed by atoms with van der Waals surface area (Å²) in [5, 5.41) is 9.27. The zero-order valence-electron chi connectivity index (χ0n) is 12.1. The molecule has 0 bridgehead atoms. The van der Waals surface area contributed by atoms with Crippen LogP contribution in [0.3, 0.4) is 0 Å². The molecule has 0 aromatic rings. The number of rotatable bonds is 0. The zero-order chi connectivity index (χ0) is 14.0. The second-order valence-corrected chi connectivity index (χ2v) is 6.42. The Balaban J connectivity index is 2.06. The van der Waals surface area contributed by atoms with Gasteiger partial charge in [-0.3, -0.25) is 9.80 Å². The summed E-state index contributed by atoms with van der Waals surface area (Å²) in [6.07, 6.45) is 3.16. The van der Waals surface area contributed by atoms with E-state index in [1.54, 1.807) is 4.90 Å². The topological polar surface area (TPSA) is 56.6 Å². The van der Waals surface area contributed by atoms with E-state index >= 15 is 0 Å². The predicted molar refractivity (Wildman–Crippen MR) is 71.6 cm³/mol. The molecule has 0 N–H and O–H groups in total. The van der Waals surface area contributed by atoms with Gasteiger partial charge in [0.15, 0.2) is 0 Å². The molecule has 5 nitrogen and oxygen atoms in total. The third-order valence-corrected chi connectivity index (χ3v) is 3.72. The van der Waals surface area contributed by atoms with Crippen LogP contribution >= 0.6 is 0 Å². The number of nitriles is 1. The van der Waals surface area contributed by atoms with E-state index in [2.05, 4.69) is 11.0 Å². The van der Waals surface area contributed by atoms with Gasteiger partial charge in [0.25, 0.3) is 0 Å². The van der Waals surface area contributed by atoms with Crippen LogP contribution in [0.4, 0.5) is 4.79 Å². The fraction of sp³-hybridized carbons (Fsp3) is 0.857. The standard InChI is InChI=1S/C14H23N3O2/c1-14(2,3)19-13(18)17-10-11-6-4-5-7-16(11)9-12(17)8-15/h11-12H,4-7,9-10H2,1-3H3. The summed E-state index contributed by atoms with van der Waals surface area (Å²) < 4.78 is 5.41. The number of hydrogen-bond donors (Lipinski definition) is 0. The van der Waals surface area contributed by atoms with Crippen molar-refractivity contribution in [2.75, 3.05) is 19.6 Å². The van der Waals surface area contributed by atoms with E-state index in [-0.39, 0.29) is 12.1 Å². The molecule has 0 aromatic carbocycles. The molecule has 2 heterocycles. The molecular formula is C14H23N3O2. The zero-order valence-corrected chi connectivity index (χ0v) is 12.1. The SMILES string of the molecule is CC(C)(C)OC(=O)N1CC2CCCCN2CC1C#N. The maximum absolute atomic E-state index is 12.2. The van der Waals surface area contributed by atoms with Crippen LogP contribution in [0.15, 0.2) is 0 Å². The smallest absolute Gasteiger partial charge is 0.411 e. The monoisotopic (exact) mass is 265 g/mol. The van der Waals surface area contributed by atoms with Gasteiger partial charge in [0.1, 0.15) is 11.6 Å². The molecule has 0 aliphatic carbocycles. The third kappa shape index (κ3) is 3.38. The van der Waals surface area contributed by atoms with Crippen LogP contribution in [-0.4, -0.2) is 53.2 Å². The van der Waals surface area contributed by atoms with E-state index in [1.165, 1.54) is 12.8 Å². The Hall–Kier alpha value is -1.28. The van der Waals surface area contributed by atoms with Gasteiger partial charge in [0, 0.05) is 19.1 Å². The molecule has 2 aliphatic rings. The summed E-state index contributed by atoms with van der Waals surface area (Å²) in [4.78, 5) is 16.1. The second-order valence-electron chi connectivity index (χ2n) is 6.42. The summed E-state index contributed by atoms with van der Waals surface area (Å²) in [7, 11) is 0. The van der Waals surface area contributed by atoms with Gasteiger partial charge in [-0.15, -0.1) is 0 Å². The number of carbonyl (C=O) groups is 1. The van der Waals surface area contributed by atoms with E-state index in [1.807, 2.05) is 20.8 Å². The van der Waals surface area contributed by atoms with Crippen LogP contribution in [0.25, 0.3) is 0 Å². The Kier molecular flexibility index (Phi) is 4.00. The van der Waals surface area contributed by atoms with Crippen molar-refractivity contribution in [2.24, 2.45) is 0 Å². The van der Waals surface area contributed by atoms with Gasteiger partial charge >= 0.3 is 6.09 Å². The van der Waals surface area contributed by atoms with Gasteiger partial charge < -0.3 is 4.74 Å². The summed E-state index contributed by atoms with van der Waals surface area (Å²) in [5.41, 5.74) is -0.513. The summed E-state index contributed by atoms with van der Waals surface area (Å²) in [6.45, 7) is 7.87. The first-order valence-corrected chi connectivity index (χ1v) is 7.04. The van der Waals surface area contributed by atoms with E-state index < -0.39 is 5.60 Å². The first-order valence-electron chi connectivity index (χ1n) is 7.04. The number of fused-ring (bicyclic) bond motifs is 1. The summed E-state index contributed by atoms with van der Waals surface area (Å²) in [5.74, 6) is 0. The molecule has 5 heteroatoms. The summed E-state index contributed by atoms with van der Waals surface area (Å²) >= 11 is 0.